The SMILES string of the molecule is COc1ccc(Cc2noc(C3(C)CCCCN3)n2)cc1OC.Cl. The summed E-state index contributed by atoms with van der Waals surface area (Å²) in [6.07, 6.45) is 3.99. The molecule has 1 aliphatic heterocycles. The minimum absolute atomic E-state index is 0. The molecule has 24 heavy (non-hydrogen) atoms. The number of piperidine rings is 1. The second kappa shape index (κ2) is 7.85. The van der Waals surface area contributed by atoms with Crippen molar-refractivity contribution in [3.8, 4) is 11.5 Å². The highest BCUT2D eigenvalue weighted by atomic mass is 35.5. The van der Waals surface area contributed by atoms with E-state index in [-0.39, 0.29) is 17.9 Å². The first-order valence-electron chi connectivity index (χ1n) is 7.93. The normalized spacial score (nSPS) is 20.3. The van der Waals surface area contributed by atoms with E-state index in [9.17, 15) is 0 Å². The fourth-order valence-electron chi connectivity index (χ4n) is 2.96. The molecular formula is C17H24ClN3O3. The van der Waals surface area contributed by atoms with Crippen LogP contribution in [0, 0.1) is 0 Å². The van der Waals surface area contributed by atoms with E-state index >= 15 is 0 Å². The lowest BCUT2D eigenvalue weighted by Crippen LogP contribution is -2.43. The van der Waals surface area contributed by atoms with Crippen molar-refractivity contribution < 1.29 is 14.0 Å². The van der Waals surface area contributed by atoms with E-state index in [4.69, 9.17) is 14.0 Å². The third kappa shape index (κ3) is 3.82. The van der Waals surface area contributed by atoms with Crippen LogP contribution >= 0.6 is 12.4 Å². The van der Waals surface area contributed by atoms with Crippen molar-refractivity contribution in [3.05, 3.63) is 35.5 Å². The van der Waals surface area contributed by atoms with Gasteiger partial charge in [0, 0.05) is 6.42 Å². The molecule has 3 rings (SSSR count). The fourth-order valence-corrected chi connectivity index (χ4v) is 2.96. The van der Waals surface area contributed by atoms with Crippen LogP contribution in [0.5, 0.6) is 11.5 Å². The molecule has 0 amide bonds. The number of hydrogen-bond donors (Lipinski definition) is 1. The first-order valence-corrected chi connectivity index (χ1v) is 7.93. The van der Waals surface area contributed by atoms with Crippen LogP contribution in [0.2, 0.25) is 0 Å². The smallest absolute Gasteiger partial charge is 0.246 e. The number of nitrogens with zero attached hydrogens (tertiary/aromatic N) is 2. The van der Waals surface area contributed by atoms with Crippen molar-refractivity contribution in [2.45, 2.75) is 38.1 Å². The van der Waals surface area contributed by atoms with E-state index < -0.39 is 0 Å². The van der Waals surface area contributed by atoms with E-state index in [0.717, 1.165) is 18.5 Å². The van der Waals surface area contributed by atoms with Gasteiger partial charge in [-0.25, -0.2) is 0 Å². The lowest BCUT2D eigenvalue weighted by atomic mass is 9.91. The van der Waals surface area contributed by atoms with Crippen molar-refractivity contribution in [2.24, 2.45) is 0 Å². The van der Waals surface area contributed by atoms with Crippen molar-refractivity contribution in [2.75, 3.05) is 20.8 Å². The zero-order valence-electron chi connectivity index (χ0n) is 14.3. The lowest BCUT2D eigenvalue weighted by molar-refractivity contribution is 0.206. The largest absolute Gasteiger partial charge is 0.493 e. The third-order valence-corrected chi connectivity index (χ3v) is 4.37. The molecule has 0 saturated carbocycles. The molecule has 0 bridgehead atoms. The van der Waals surface area contributed by atoms with Crippen molar-refractivity contribution in [1.29, 1.82) is 0 Å². The first kappa shape index (κ1) is 18.5. The van der Waals surface area contributed by atoms with Gasteiger partial charge in [0.25, 0.3) is 0 Å². The Bertz CT molecular complexity index is 669. The van der Waals surface area contributed by atoms with Crippen molar-refractivity contribution in [1.82, 2.24) is 15.5 Å². The summed E-state index contributed by atoms with van der Waals surface area (Å²) in [6.45, 7) is 3.11. The molecule has 2 heterocycles. The van der Waals surface area contributed by atoms with Crippen LogP contribution in [0.1, 0.15) is 43.5 Å². The topological polar surface area (TPSA) is 69.4 Å². The zero-order chi connectivity index (χ0) is 16.3. The van der Waals surface area contributed by atoms with Crippen LogP contribution in [0.25, 0.3) is 0 Å². The zero-order valence-corrected chi connectivity index (χ0v) is 15.1. The van der Waals surface area contributed by atoms with Gasteiger partial charge in [-0.15, -0.1) is 12.4 Å². The monoisotopic (exact) mass is 353 g/mol. The van der Waals surface area contributed by atoms with Crippen LogP contribution in [0.15, 0.2) is 22.7 Å². The number of hydrogen-bond acceptors (Lipinski definition) is 6. The fraction of sp³-hybridized carbons (Fsp3) is 0.529. The summed E-state index contributed by atoms with van der Waals surface area (Å²) in [5.74, 6) is 2.77. The Labute approximate surface area is 148 Å². The second-order valence-electron chi connectivity index (χ2n) is 6.10. The van der Waals surface area contributed by atoms with Gasteiger partial charge in [0.15, 0.2) is 17.3 Å². The van der Waals surface area contributed by atoms with Gasteiger partial charge >= 0.3 is 0 Å². The molecule has 2 aromatic rings. The summed E-state index contributed by atoms with van der Waals surface area (Å²) >= 11 is 0. The summed E-state index contributed by atoms with van der Waals surface area (Å²) in [7, 11) is 3.25. The highest BCUT2D eigenvalue weighted by Crippen LogP contribution is 2.30. The summed E-state index contributed by atoms with van der Waals surface area (Å²) in [4.78, 5) is 4.59. The van der Waals surface area contributed by atoms with E-state index in [2.05, 4.69) is 22.4 Å². The van der Waals surface area contributed by atoms with Gasteiger partial charge < -0.3 is 19.3 Å². The standard InChI is InChI=1S/C17H23N3O3.ClH/c1-17(8-4-5-9-18-17)16-19-15(20-23-16)11-12-6-7-13(21-2)14(10-12)22-3;/h6-7,10,18H,4-5,8-9,11H2,1-3H3;1H. The molecule has 1 unspecified atom stereocenters. The van der Waals surface area contributed by atoms with Gasteiger partial charge in [0.1, 0.15) is 0 Å². The summed E-state index contributed by atoms with van der Waals surface area (Å²) < 4.78 is 16.1. The van der Waals surface area contributed by atoms with Crippen LogP contribution in [0.3, 0.4) is 0 Å². The Morgan fingerprint density at radius 3 is 2.67 bits per heavy atom. The number of methoxy groups -OCH3 is 2. The highest BCUT2D eigenvalue weighted by molar-refractivity contribution is 5.85. The molecular weight excluding hydrogens is 330 g/mol. The Morgan fingerprint density at radius 2 is 2.00 bits per heavy atom. The lowest BCUT2D eigenvalue weighted by Gasteiger charge is -2.31. The van der Waals surface area contributed by atoms with Gasteiger partial charge in [0.05, 0.1) is 19.8 Å². The molecule has 1 fully saturated rings. The molecule has 7 heteroatoms. The number of rotatable bonds is 5. The van der Waals surface area contributed by atoms with Crippen molar-refractivity contribution >= 4 is 12.4 Å². The van der Waals surface area contributed by atoms with Crippen LogP contribution in [-0.2, 0) is 12.0 Å². The number of aromatic nitrogens is 2. The minimum Gasteiger partial charge on any atom is -0.493 e. The van der Waals surface area contributed by atoms with Gasteiger partial charge in [-0.3, -0.25) is 0 Å². The predicted molar refractivity (Wildman–Crippen MR) is 93.1 cm³/mol. The van der Waals surface area contributed by atoms with E-state index in [1.54, 1.807) is 14.2 Å². The minimum atomic E-state index is -0.207. The van der Waals surface area contributed by atoms with Crippen LogP contribution < -0.4 is 14.8 Å². The second-order valence-corrected chi connectivity index (χ2v) is 6.10. The maximum Gasteiger partial charge on any atom is 0.246 e. The number of halogens is 1. The molecule has 1 aromatic carbocycles. The average molecular weight is 354 g/mol. The van der Waals surface area contributed by atoms with Gasteiger partial charge in [-0.1, -0.05) is 11.2 Å². The molecule has 0 aliphatic carbocycles. The van der Waals surface area contributed by atoms with E-state index in [1.165, 1.54) is 12.8 Å². The molecule has 1 aliphatic rings. The Morgan fingerprint density at radius 1 is 1.21 bits per heavy atom. The molecule has 1 saturated heterocycles. The molecule has 132 valence electrons. The first-order chi connectivity index (χ1) is 11.1. The molecule has 1 N–H and O–H groups in total. The van der Waals surface area contributed by atoms with Crippen LogP contribution in [0.4, 0.5) is 0 Å². The van der Waals surface area contributed by atoms with Gasteiger partial charge in [-0.05, 0) is 50.4 Å². The highest BCUT2D eigenvalue weighted by Gasteiger charge is 2.34. The average Bonchev–Trinajstić information content (AvgIpc) is 3.05. The van der Waals surface area contributed by atoms with E-state index in [1.807, 2.05) is 18.2 Å². The number of nitrogens with one attached hydrogen (secondary N) is 1. The number of benzene rings is 1. The predicted octanol–water partition coefficient (Wildman–Crippen LogP) is 3.09. The molecule has 6 nitrogen and oxygen atoms in total. The Kier molecular flexibility index (Phi) is 6.07. The van der Waals surface area contributed by atoms with Crippen molar-refractivity contribution in [3.63, 3.8) is 0 Å². The molecule has 1 atom stereocenters. The Hall–Kier alpha value is -1.79. The maximum atomic E-state index is 5.50. The molecule has 1 aromatic heterocycles. The Balaban J connectivity index is 0.00000208. The molecule has 0 radical (unpaired) electrons. The summed E-state index contributed by atoms with van der Waals surface area (Å²) in [5.41, 5.74) is 0.845. The van der Waals surface area contributed by atoms with Crippen LogP contribution in [-0.4, -0.2) is 30.9 Å². The number of ether oxygens (including phenoxy) is 2. The molecule has 0 spiro atoms. The summed E-state index contributed by atoms with van der Waals surface area (Å²) in [6, 6.07) is 5.81. The van der Waals surface area contributed by atoms with Gasteiger partial charge in [0.2, 0.25) is 5.89 Å². The maximum absolute atomic E-state index is 5.50. The third-order valence-electron chi connectivity index (χ3n) is 4.37. The van der Waals surface area contributed by atoms with E-state index in [0.29, 0.717) is 29.6 Å². The summed E-state index contributed by atoms with van der Waals surface area (Å²) in [5, 5.41) is 7.62. The van der Waals surface area contributed by atoms with Gasteiger partial charge in [-0.2, -0.15) is 4.98 Å². The quantitative estimate of drug-likeness (QED) is 0.890.